The Labute approximate surface area is 122 Å². The highest BCUT2D eigenvalue weighted by Gasteiger charge is 2.24. The van der Waals surface area contributed by atoms with Crippen molar-refractivity contribution in [1.82, 2.24) is 0 Å². The molecule has 0 aliphatic rings. The molecule has 1 unspecified atom stereocenters. The summed E-state index contributed by atoms with van der Waals surface area (Å²) in [7, 11) is 0. The maximum Gasteiger partial charge on any atom is 0.186 e. The topological polar surface area (TPSA) is 40.9 Å². The van der Waals surface area contributed by atoms with Gasteiger partial charge >= 0.3 is 0 Å². The molecule has 2 nitrogen and oxygen atoms in total. The van der Waals surface area contributed by atoms with E-state index in [1.54, 1.807) is 24.3 Å². The molecule has 0 spiro atoms. The van der Waals surface area contributed by atoms with Gasteiger partial charge in [-0.2, -0.15) is 5.26 Å². The van der Waals surface area contributed by atoms with Crippen molar-refractivity contribution in [3.05, 3.63) is 55.6 Å². The van der Waals surface area contributed by atoms with E-state index < -0.39 is 5.92 Å². The van der Waals surface area contributed by atoms with E-state index in [1.165, 1.54) is 11.3 Å². The van der Waals surface area contributed by atoms with E-state index in [2.05, 4.69) is 15.9 Å². The first-order valence-electron chi connectivity index (χ1n) is 5.05. The molecule has 1 aromatic heterocycles. The molecule has 1 atom stereocenters. The molecule has 1 aromatic carbocycles. The Kier molecular flexibility index (Phi) is 4.18. The van der Waals surface area contributed by atoms with Crippen molar-refractivity contribution in [3.8, 4) is 6.07 Å². The number of Topliss-reactive ketones (excluding diaryl/α,β-unsaturated/α-hetero) is 1. The fourth-order valence-electron chi connectivity index (χ4n) is 1.55. The lowest BCUT2D eigenvalue weighted by atomic mass is 9.97. The molecule has 5 heteroatoms. The standard InChI is InChI=1S/C13H7BrClNOS/c14-8-3-4-9(11(15)6-8)13(17)10(7-16)12-2-1-5-18-12/h1-6,10H. The quantitative estimate of drug-likeness (QED) is 0.763. The summed E-state index contributed by atoms with van der Waals surface area (Å²) in [5.41, 5.74) is 0.375. The molecule has 2 rings (SSSR count). The van der Waals surface area contributed by atoms with Crippen LogP contribution >= 0.6 is 38.9 Å². The number of nitrogens with zero attached hydrogens (tertiary/aromatic N) is 1. The number of ketones is 1. The second-order valence-corrected chi connectivity index (χ2v) is 5.87. The number of hydrogen-bond donors (Lipinski definition) is 0. The minimum Gasteiger partial charge on any atom is -0.292 e. The summed E-state index contributed by atoms with van der Waals surface area (Å²) in [6, 6.07) is 10.7. The van der Waals surface area contributed by atoms with Gasteiger partial charge in [-0.3, -0.25) is 4.79 Å². The van der Waals surface area contributed by atoms with E-state index in [0.717, 1.165) is 9.35 Å². The Bertz CT molecular complexity index is 618. The van der Waals surface area contributed by atoms with Gasteiger partial charge < -0.3 is 0 Å². The lowest BCUT2D eigenvalue weighted by Gasteiger charge is -2.08. The van der Waals surface area contributed by atoms with Crippen LogP contribution in [-0.4, -0.2) is 5.78 Å². The number of benzene rings is 1. The summed E-state index contributed by atoms with van der Waals surface area (Å²) in [4.78, 5) is 13.0. The number of carbonyl (C=O) groups is 1. The maximum atomic E-state index is 12.3. The first-order valence-corrected chi connectivity index (χ1v) is 7.11. The fraction of sp³-hybridized carbons (Fsp3) is 0.0769. The number of thiophene rings is 1. The summed E-state index contributed by atoms with van der Waals surface area (Å²) < 4.78 is 0.800. The van der Waals surface area contributed by atoms with E-state index in [1.807, 2.05) is 17.5 Å². The minimum atomic E-state index is -0.788. The molecule has 0 bridgehead atoms. The Morgan fingerprint density at radius 3 is 2.78 bits per heavy atom. The molecule has 0 aliphatic heterocycles. The Balaban J connectivity index is 2.39. The zero-order valence-corrected chi connectivity index (χ0v) is 12.2. The predicted molar refractivity (Wildman–Crippen MR) is 76.2 cm³/mol. The zero-order chi connectivity index (χ0) is 13.1. The molecule has 90 valence electrons. The Hall–Kier alpha value is -1.15. The maximum absolute atomic E-state index is 12.3. The van der Waals surface area contributed by atoms with Crippen molar-refractivity contribution in [2.75, 3.05) is 0 Å². The number of nitriles is 1. The molecular weight excluding hydrogens is 334 g/mol. The van der Waals surface area contributed by atoms with Crippen molar-refractivity contribution in [2.24, 2.45) is 0 Å². The normalized spacial score (nSPS) is 11.8. The second-order valence-electron chi connectivity index (χ2n) is 3.57. The summed E-state index contributed by atoms with van der Waals surface area (Å²) >= 11 is 10.7. The largest absolute Gasteiger partial charge is 0.292 e. The van der Waals surface area contributed by atoms with Crippen LogP contribution in [0, 0.1) is 11.3 Å². The van der Waals surface area contributed by atoms with Gasteiger partial charge in [-0.05, 0) is 29.6 Å². The van der Waals surface area contributed by atoms with Crippen LogP contribution in [0.2, 0.25) is 5.02 Å². The van der Waals surface area contributed by atoms with Gasteiger partial charge in [0.1, 0.15) is 5.92 Å². The second kappa shape index (κ2) is 5.66. The van der Waals surface area contributed by atoms with Crippen LogP contribution < -0.4 is 0 Å². The van der Waals surface area contributed by atoms with Crippen LogP contribution in [0.1, 0.15) is 21.2 Å². The van der Waals surface area contributed by atoms with Crippen molar-refractivity contribution in [2.45, 2.75) is 5.92 Å². The highest BCUT2D eigenvalue weighted by molar-refractivity contribution is 9.10. The summed E-state index contributed by atoms with van der Waals surface area (Å²) in [6.45, 7) is 0. The van der Waals surface area contributed by atoms with Crippen molar-refractivity contribution in [1.29, 1.82) is 5.26 Å². The van der Waals surface area contributed by atoms with Crippen LogP contribution in [0.15, 0.2) is 40.2 Å². The van der Waals surface area contributed by atoms with Crippen LogP contribution in [0.25, 0.3) is 0 Å². The molecule has 2 aromatic rings. The highest BCUT2D eigenvalue weighted by atomic mass is 79.9. The molecule has 0 N–H and O–H groups in total. The molecule has 1 heterocycles. The minimum absolute atomic E-state index is 0.266. The third-order valence-corrected chi connectivity index (χ3v) is 4.16. The van der Waals surface area contributed by atoms with Gasteiger partial charge in [-0.25, -0.2) is 0 Å². The van der Waals surface area contributed by atoms with Crippen molar-refractivity contribution < 1.29 is 4.79 Å². The Morgan fingerprint density at radius 1 is 1.44 bits per heavy atom. The summed E-state index contributed by atoms with van der Waals surface area (Å²) in [6.07, 6.45) is 0. The first kappa shape index (κ1) is 13.3. The van der Waals surface area contributed by atoms with E-state index in [4.69, 9.17) is 16.9 Å². The van der Waals surface area contributed by atoms with Crippen LogP contribution in [-0.2, 0) is 0 Å². The van der Waals surface area contributed by atoms with E-state index in [-0.39, 0.29) is 5.78 Å². The van der Waals surface area contributed by atoms with Crippen LogP contribution in [0.3, 0.4) is 0 Å². The number of halogens is 2. The van der Waals surface area contributed by atoms with Crippen LogP contribution in [0.5, 0.6) is 0 Å². The van der Waals surface area contributed by atoms with Crippen molar-refractivity contribution in [3.63, 3.8) is 0 Å². The van der Waals surface area contributed by atoms with Gasteiger partial charge in [0.05, 0.1) is 11.1 Å². The van der Waals surface area contributed by atoms with Gasteiger partial charge in [0, 0.05) is 14.9 Å². The van der Waals surface area contributed by atoms with E-state index >= 15 is 0 Å². The SMILES string of the molecule is N#CC(C(=O)c1ccc(Br)cc1Cl)c1cccs1. The molecule has 0 radical (unpaired) electrons. The van der Waals surface area contributed by atoms with Gasteiger partial charge in [0.25, 0.3) is 0 Å². The van der Waals surface area contributed by atoms with Crippen LogP contribution in [0.4, 0.5) is 0 Å². The van der Waals surface area contributed by atoms with Crippen molar-refractivity contribution >= 4 is 44.7 Å². The Morgan fingerprint density at radius 2 is 2.22 bits per heavy atom. The first-order chi connectivity index (χ1) is 8.63. The molecule has 0 saturated heterocycles. The molecule has 18 heavy (non-hydrogen) atoms. The summed E-state index contributed by atoms with van der Waals surface area (Å²) in [5, 5.41) is 11.4. The molecule has 0 aliphatic carbocycles. The molecule has 0 saturated carbocycles. The highest BCUT2D eigenvalue weighted by Crippen LogP contribution is 2.29. The van der Waals surface area contributed by atoms with Gasteiger partial charge in [-0.15, -0.1) is 11.3 Å². The third-order valence-electron chi connectivity index (χ3n) is 2.42. The lowest BCUT2D eigenvalue weighted by molar-refractivity contribution is 0.0980. The summed E-state index contributed by atoms with van der Waals surface area (Å²) in [5.74, 6) is -1.05. The smallest absolute Gasteiger partial charge is 0.186 e. The average molecular weight is 341 g/mol. The zero-order valence-electron chi connectivity index (χ0n) is 9.06. The number of rotatable bonds is 3. The molecule has 0 fully saturated rings. The van der Waals surface area contributed by atoms with E-state index in [0.29, 0.717) is 10.6 Å². The fourth-order valence-corrected chi connectivity index (χ4v) is 3.09. The predicted octanol–water partition coefficient (Wildman–Crippen LogP) is 4.65. The average Bonchev–Trinajstić information content (AvgIpc) is 2.83. The third kappa shape index (κ3) is 2.64. The van der Waals surface area contributed by atoms with Gasteiger partial charge in [0.2, 0.25) is 0 Å². The number of hydrogen-bond acceptors (Lipinski definition) is 3. The lowest BCUT2D eigenvalue weighted by Crippen LogP contribution is -2.10. The monoisotopic (exact) mass is 339 g/mol. The molecule has 0 amide bonds. The van der Waals surface area contributed by atoms with Gasteiger partial charge in [0.15, 0.2) is 5.78 Å². The van der Waals surface area contributed by atoms with Gasteiger partial charge in [-0.1, -0.05) is 33.6 Å². The number of carbonyl (C=O) groups excluding carboxylic acids is 1. The molecular formula is C13H7BrClNOS. The van der Waals surface area contributed by atoms with E-state index in [9.17, 15) is 4.79 Å².